The molecule has 148 valence electrons. The highest BCUT2D eigenvalue weighted by atomic mass is 16.5. The molecule has 0 aliphatic carbocycles. The first-order chi connectivity index (χ1) is 13.6. The standard InChI is InChI=1S/C23H28N2O3/c1-4-9-21(26)25(17-18-12-14-20(28-3)15-13-18)22(23(27)24-16-5-2)19-10-7-6-8-11-19/h5-8,10-15,22H,2,4,9,16-17H2,1,3H3,(H,24,27)/t22-/m0/s1. The topological polar surface area (TPSA) is 58.6 Å². The second-order valence-corrected chi connectivity index (χ2v) is 6.47. The molecule has 5 heteroatoms. The van der Waals surface area contributed by atoms with E-state index in [4.69, 9.17) is 4.74 Å². The number of carbonyl (C=O) groups is 2. The summed E-state index contributed by atoms with van der Waals surface area (Å²) < 4.78 is 5.21. The molecule has 0 aliphatic heterocycles. The van der Waals surface area contributed by atoms with Crippen LogP contribution in [0.1, 0.15) is 36.9 Å². The zero-order valence-corrected chi connectivity index (χ0v) is 16.6. The smallest absolute Gasteiger partial charge is 0.247 e. The molecule has 0 saturated carbocycles. The number of hydrogen-bond donors (Lipinski definition) is 1. The molecule has 28 heavy (non-hydrogen) atoms. The number of ether oxygens (including phenoxy) is 1. The molecule has 5 nitrogen and oxygen atoms in total. The third kappa shape index (κ3) is 5.71. The maximum atomic E-state index is 13.0. The molecular weight excluding hydrogens is 352 g/mol. The molecule has 0 saturated heterocycles. The summed E-state index contributed by atoms with van der Waals surface area (Å²) in [5.74, 6) is 0.475. The van der Waals surface area contributed by atoms with E-state index in [1.54, 1.807) is 18.1 Å². The highest BCUT2D eigenvalue weighted by Gasteiger charge is 2.30. The van der Waals surface area contributed by atoms with Gasteiger partial charge in [0.1, 0.15) is 11.8 Å². The minimum atomic E-state index is -0.706. The van der Waals surface area contributed by atoms with Crippen LogP contribution in [0.25, 0.3) is 0 Å². The van der Waals surface area contributed by atoms with E-state index >= 15 is 0 Å². The number of nitrogens with zero attached hydrogens (tertiary/aromatic N) is 1. The van der Waals surface area contributed by atoms with Crippen molar-refractivity contribution in [1.29, 1.82) is 0 Å². The summed E-state index contributed by atoms with van der Waals surface area (Å²) in [5.41, 5.74) is 1.71. The Bertz CT molecular complexity index is 772. The van der Waals surface area contributed by atoms with Crippen LogP contribution in [-0.2, 0) is 16.1 Å². The molecule has 2 aromatic rings. The highest BCUT2D eigenvalue weighted by molar-refractivity contribution is 5.88. The van der Waals surface area contributed by atoms with Crippen LogP contribution in [0.2, 0.25) is 0 Å². The van der Waals surface area contributed by atoms with Crippen LogP contribution in [0.3, 0.4) is 0 Å². The SMILES string of the molecule is C=CCNC(=O)[C@H](c1ccccc1)N(Cc1ccc(OC)cc1)C(=O)CCC. The fourth-order valence-corrected chi connectivity index (χ4v) is 2.99. The molecule has 2 amide bonds. The van der Waals surface area contributed by atoms with Gasteiger partial charge in [0.05, 0.1) is 7.11 Å². The molecule has 0 aromatic heterocycles. The van der Waals surface area contributed by atoms with Gasteiger partial charge in [-0.25, -0.2) is 0 Å². The Morgan fingerprint density at radius 1 is 1.14 bits per heavy atom. The van der Waals surface area contributed by atoms with Crippen LogP contribution in [-0.4, -0.2) is 30.4 Å². The quantitative estimate of drug-likeness (QED) is 0.637. The van der Waals surface area contributed by atoms with Crippen molar-refractivity contribution in [2.45, 2.75) is 32.4 Å². The second kappa shape index (κ2) is 10.9. The molecular formula is C23H28N2O3. The molecule has 0 aliphatic rings. The van der Waals surface area contributed by atoms with Crippen molar-refractivity contribution < 1.29 is 14.3 Å². The van der Waals surface area contributed by atoms with E-state index in [0.717, 1.165) is 16.9 Å². The first-order valence-corrected chi connectivity index (χ1v) is 9.46. The summed E-state index contributed by atoms with van der Waals surface area (Å²) in [6, 6.07) is 16.2. The van der Waals surface area contributed by atoms with Crippen LogP contribution < -0.4 is 10.1 Å². The van der Waals surface area contributed by atoms with Gasteiger partial charge in [0.25, 0.3) is 0 Å². The average Bonchev–Trinajstić information content (AvgIpc) is 2.73. The third-order valence-corrected chi connectivity index (χ3v) is 4.39. The first-order valence-electron chi connectivity index (χ1n) is 9.46. The Morgan fingerprint density at radius 2 is 1.82 bits per heavy atom. The van der Waals surface area contributed by atoms with Gasteiger partial charge < -0.3 is 15.0 Å². The Kier molecular flexibility index (Phi) is 8.28. The Hall–Kier alpha value is -3.08. The van der Waals surface area contributed by atoms with Crippen molar-refractivity contribution in [2.75, 3.05) is 13.7 Å². The van der Waals surface area contributed by atoms with Crippen molar-refractivity contribution in [2.24, 2.45) is 0 Å². The maximum Gasteiger partial charge on any atom is 0.247 e. The van der Waals surface area contributed by atoms with Crippen molar-refractivity contribution in [3.8, 4) is 5.75 Å². The van der Waals surface area contributed by atoms with Crippen molar-refractivity contribution in [3.05, 3.63) is 78.4 Å². The summed E-state index contributed by atoms with van der Waals surface area (Å²) in [6.45, 7) is 6.29. The Labute approximate surface area is 167 Å². The molecule has 0 spiro atoms. The van der Waals surface area contributed by atoms with Crippen LogP contribution in [0.15, 0.2) is 67.3 Å². The summed E-state index contributed by atoms with van der Waals surface area (Å²) in [4.78, 5) is 27.6. The highest BCUT2D eigenvalue weighted by Crippen LogP contribution is 2.25. The van der Waals surface area contributed by atoms with E-state index in [1.165, 1.54) is 0 Å². The van der Waals surface area contributed by atoms with Gasteiger partial charge in [-0.2, -0.15) is 0 Å². The van der Waals surface area contributed by atoms with Gasteiger partial charge in [-0.1, -0.05) is 55.5 Å². The lowest BCUT2D eigenvalue weighted by atomic mass is 10.0. The Morgan fingerprint density at radius 3 is 2.39 bits per heavy atom. The van der Waals surface area contributed by atoms with E-state index in [9.17, 15) is 9.59 Å². The fraction of sp³-hybridized carbons (Fsp3) is 0.304. The molecule has 0 heterocycles. The van der Waals surface area contributed by atoms with Crippen LogP contribution in [0, 0.1) is 0 Å². The predicted molar refractivity (Wildman–Crippen MR) is 111 cm³/mol. The van der Waals surface area contributed by atoms with Crippen LogP contribution >= 0.6 is 0 Å². The maximum absolute atomic E-state index is 13.0. The van der Waals surface area contributed by atoms with Crippen molar-refractivity contribution >= 4 is 11.8 Å². The summed E-state index contributed by atoms with van der Waals surface area (Å²) >= 11 is 0. The number of methoxy groups -OCH3 is 1. The zero-order chi connectivity index (χ0) is 20.4. The number of carbonyl (C=O) groups excluding carboxylic acids is 2. The fourth-order valence-electron chi connectivity index (χ4n) is 2.99. The van der Waals surface area contributed by atoms with Crippen LogP contribution in [0.5, 0.6) is 5.75 Å². The molecule has 0 unspecified atom stereocenters. The molecule has 1 N–H and O–H groups in total. The number of benzene rings is 2. The second-order valence-electron chi connectivity index (χ2n) is 6.47. The first kappa shape index (κ1) is 21.2. The monoisotopic (exact) mass is 380 g/mol. The minimum absolute atomic E-state index is 0.0547. The molecule has 1 atom stereocenters. The molecule has 0 bridgehead atoms. The minimum Gasteiger partial charge on any atom is -0.497 e. The van der Waals surface area contributed by atoms with Gasteiger partial charge in [0.15, 0.2) is 0 Å². The van der Waals surface area contributed by atoms with Crippen LogP contribution in [0.4, 0.5) is 0 Å². The lowest BCUT2D eigenvalue weighted by Crippen LogP contribution is -2.43. The average molecular weight is 380 g/mol. The van der Waals surface area contributed by atoms with Gasteiger partial charge in [-0.3, -0.25) is 9.59 Å². The summed E-state index contributed by atoms with van der Waals surface area (Å²) in [5, 5.41) is 2.84. The third-order valence-electron chi connectivity index (χ3n) is 4.39. The van der Waals surface area contributed by atoms with Gasteiger partial charge in [-0.15, -0.1) is 6.58 Å². The summed E-state index contributed by atoms with van der Waals surface area (Å²) in [6.07, 6.45) is 2.73. The van der Waals surface area contributed by atoms with Crippen molar-refractivity contribution in [3.63, 3.8) is 0 Å². The molecule has 2 aromatic carbocycles. The number of nitrogens with one attached hydrogen (secondary N) is 1. The number of amides is 2. The summed E-state index contributed by atoms with van der Waals surface area (Å²) in [7, 11) is 1.61. The van der Waals surface area contributed by atoms with E-state index in [2.05, 4.69) is 11.9 Å². The molecule has 0 fully saturated rings. The lowest BCUT2D eigenvalue weighted by Gasteiger charge is -2.31. The lowest BCUT2D eigenvalue weighted by molar-refractivity contribution is -0.141. The largest absolute Gasteiger partial charge is 0.497 e. The van der Waals surface area contributed by atoms with Gasteiger partial charge in [0, 0.05) is 19.5 Å². The normalized spacial score (nSPS) is 11.4. The van der Waals surface area contributed by atoms with Gasteiger partial charge in [-0.05, 0) is 29.7 Å². The van der Waals surface area contributed by atoms with E-state index in [-0.39, 0.29) is 11.8 Å². The van der Waals surface area contributed by atoms with Gasteiger partial charge >= 0.3 is 0 Å². The van der Waals surface area contributed by atoms with E-state index in [0.29, 0.717) is 25.9 Å². The number of rotatable bonds is 10. The van der Waals surface area contributed by atoms with Gasteiger partial charge in [0.2, 0.25) is 11.8 Å². The molecule has 0 radical (unpaired) electrons. The van der Waals surface area contributed by atoms with E-state index < -0.39 is 6.04 Å². The predicted octanol–water partition coefficient (Wildman–Crippen LogP) is 3.87. The Balaban J connectivity index is 2.40. The number of hydrogen-bond acceptors (Lipinski definition) is 3. The van der Waals surface area contributed by atoms with E-state index in [1.807, 2.05) is 61.5 Å². The molecule has 2 rings (SSSR count). The van der Waals surface area contributed by atoms with Crippen molar-refractivity contribution in [1.82, 2.24) is 10.2 Å². The zero-order valence-electron chi connectivity index (χ0n) is 16.6.